The zero-order valence-corrected chi connectivity index (χ0v) is 19.5. The Labute approximate surface area is 202 Å². The molecular formula is C26H23ClN4O3. The Kier molecular flexibility index (Phi) is 7.25. The van der Waals surface area contributed by atoms with Crippen LogP contribution in [-0.4, -0.2) is 34.9 Å². The van der Waals surface area contributed by atoms with Gasteiger partial charge in [0.05, 0.1) is 14.2 Å². The van der Waals surface area contributed by atoms with Gasteiger partial charge in [-0.15, -0.1) is 5.10 Å². The van der Waals surface area contributed by atoms with Crippen molar-refractivity contribution < 1.29 is 14.3 Å². The van der Waals surface area contributed by atoms with Crippen LogP contribution in [0.5, 0.6) is 11.5 Å². The second-order valence-electron chi connectivity index (χ2n) is 7.32. The van der Waals surface area contributed by atoms with Gasteiger partial charge in [-0.1, -0.05) is 35.9 Å². The molecule has 0 atom stereocenters. The standard InChI is InChI=1S/C26H23ClN4O3/c1-33-22-12-5-19(6-13-22)17-28-26-29-25(20-8-14-23(34-2)15-9-20)30-31(26)24(32)16-7-18-3-10-21(27)11-4-18/h3-16H,17H2,1-2H3,(H,28,29,30). The molecule has 0 unspecified atom stereocenters. The quantitative estimate of drug-likeness (QED) is 0.336. The summed E-state index contributed by atoms with van der Waals surface area (Å²) < 4.78 is 11.7. The fourth-order valence-corrected chi connectivity index (χ4v) is 3.31. The molecule has 0 aliphatic heterocycles. The van der Waals surface area contributed by atoms with Crippen LogP contribution >= 0.6 is 11.6 Å². The first kappa shape index (κ1) is 23.1. The Hall–Kier alpha value is -4.10. The molecule has 0 saturated carbocycles. The summed E-state index contributed by atoms with van der Waals surface area (Å²) in [6, 6.07) is 22.2. The molecule has 1 N–H and O–H groups in total. The van der Waals surface area contributed by atoms with E-state index in [-0.39, 0.29) is 5.91 Å². The number of rotatable bonds is 8. The van der Waals surface area contributed by atoms with Gasteiger partial charge in [-0.05, 0) is 65.7 Å². The number of nitrogens with zero attached hydrogens (tertiary/aromatic N) is 3. The number of aromatic nitrogens is 3. The van der Waals surface area contributed by atoms with Gasteiger partial charge in [-0.3, -0.25) is 4.79 Å². The molecular weight excluding hydrogens is 452 g/mol. The maximum Gasteiger partial charge on any atom is 0.274 e. The number of ether oxygens (including phenoxy) is 2. The van der Waals surface area contributed by atoms with Crippen molar-refractivity contribution >= 4 is 29.5 Å². The second-order valence-corrected chi connectivity index (χ2v) is 7.76. The summed E-state index contributed by atoms with van der Waals surface area (Å²) in [6.07, 6.45) is 3.16. The zero-order chi connectivity index (χ0) is 23.9. The van der Waals surface area contributed by atoms with Gasteiger partial charge >= 0.3 is 0 Å². The lowest BCUT2D eigenvalue weighted by atomic mass is 10.2. The third-order valence-electron chi connectivity index (χ3n) is 5.06. The maximum absolute atomic E-state index is 13.0. The molecule has 0 saturated heterocycles. The number of hydrogen-bond donors (Lipinski definition) is 1. The average molecular weight is 475 g/mol. The molecule has 0 radical (unpaired) electrons. The van der Waals surface area contributed by atoms with Crippen molar-refractivity contribution in [1.82, 2.24) is 14.8 Å². The van der Waals surface area contributed by atoms with Crippen molar-refractivity contribution in [1.29, 1.82) is 0 Å². The number of hydrogen-bond acceptors (Lipinski definition) is 6. The highest BCUT2D eigenvalue weighted by Gasteiger charge is 2.16. The van der Waals surface area contributed by atoms with Crippen LogP contribution < -0.4 is 14.8 Å². The largest absolute Gasteiger partial charge is 0.497 e. The Balaban J connectivity index is 1.60. The monoisotopic (exact) mass is 474 g/mol. The number of anilines is 1. The van der Waals surface area contributed by atoms with E-state index in [0.717, 1.165) is 28.2 Å². The van der Waals surface area contributed by atoms with E-state index in [2.05, 4.69) is 15.4 Å². The van der Waals surface area contributed by atoms with Gasteiger partial charge in [0.15, 0.2) is 5.82 Å². The van der Waals surface area contributed by atoms with Crippen molar-refractivity contribution in [2.45, 2.75) is 6.54 Å². The predicted octanol–water partition coefficient (Wildman–Crippen LogP) is 5.58. The first-order chi connectivity index (χ1) is 16.6. The molecule has 1 heterocycles. The van der Waals surface area contributed by atoms with Crippen LogP contribution in [0.2, 0.25) is 5.02 Å². The Morgan fingerprint density at radius 1 is 0.941 bits per heavy atom. The highest BCUT2D eigenvalue weighted by atomic mass is 35.5. The van der Waals surface area contributed by atoms with E-state index in [4.69, 9.17) is 21.1 Å². The Morgan fingerprint density at radius 3 is 2.18 bits per heavy atom. The zero-order valence-electron chi connectivity index (χ0n) is 18.7. The number of halogens is 1. The first-order valence-electron chi connectivity index (χ1n) is 10.5. The van der Waals surface area contributed by atoms with E-state index >= 15 is 0 Å². The maximum atomic E-state index is 13.0. The lowest BCUT2D eigenvalue weighted by Crippen LogP contribution is -2.14. The van der Waals surface area contributed by atoms with E-state index in [1.807, 2.05) is 60.7 Å². The minimum absolute atomic E-state index is 0.334. The molecule has 0 aliphatic rings. The van der Waals surface area contributed by atoms with E-state index < -0.39 is 0 Å². The number of nitrogens with one attached hydrogen (secondary N) is 1. The number of benzene rings is 3. The third kappa shape index (κ3) is 5.63. The van der Waals surface area contributed by atoms with Crippen molar-refractivity contribution in [3.05, 3.63) is 95.0 Å². The number of allylic oxidation sites excluding steroid dienone is 1. The molecule has 34 heavy (non-hydrogen) atoms. The van der Waals surface area contributed by atoms with Crippen molar-refractivity contribution in [3.8, 4) is 22.9 Å². The average Bonchev–Trinajstić information content (AvgIpc) is 3.31. The van der Waals surface area contributed by atoms with Gasteiger partial charge in [0, 0.05) is 23.2 Å². The van der Waals surface area contributed by atoms with Crippen LogP contribution in [0.1, 0.15) is 15.9 Å². The minimum Gasteiger partial charge on any atom is -0.497 e. The fourth-order valence-electron chi connectivity index (χ4n) is 3.18. The molecule has 0 fully saturated rings. The first-order valence-corrected chi connectivity index (χ1v) is 10.9. The van der Waals surface area contributed by atoms with E-state index in [0.29, 0.717) is 23.3 Å². The summed E-state index contributed by atoms with van der Waals surface area (Å²) in [5, 5.41) is 8.31. The normalized spacial score (nSPS) is 10.9. The van der Waals surface area contributed by atoms with E-state index in [9.17, 15) is 4.79 Å². The molecule has 8 heteroatoms. The molecule has 172 valence electrons. The van der Waals surface area contributed by atoms with E-state index in [1.54, 1.807) is 32.4 Å². The molecule has 4 aromatic rings. The number of carbonyl (C=O) groups is 1. The van der Waals surface area contributed by atoms with Gasteiger partial charge in [0.2, 0.25) is 5.95 Å². The smallest absolute Gasteiger partial charge is 0.274 e. The molecule has 0 spiro atoms. The summed E-state index contributed by atoms with van der Waals surface area (Å²) in [6.45, 7) is 0.457. The second kappa shape index (κ2) is 10.7. The van der Waals surface area contributed by atoms with Crippen LogP contribution in [0, 0.1) is 0 Å². The molecule has 0 amide bonds. The lowest BCUT2D eigenvalue weighted by molar-refractivity contribution is 0.0957. The van der Waals surface area contributed by atoms with Gasteiger partial charge < -0.3 is 14.8 Å². The van der Waals surface area contributed by atoms with Crippen LogP contribution in [0.25, 0.3) is 17.5 Å². The summed E-state index contributed by atoms with van der Waals surface area (Å²) >= 11 is 5.94. The summed E-state index contributed by atoms with van der Waals surface area (Å²) in [5.41, 5.74) is 2.62. The predicted molar refractivity (Wildman–Crippen MR) is 133 cm³/mol. The number of methoxy groups -OCH3 is 2. The van der Waals surface area contributed by atoms with Crippen molar-refractivity contribution in [2.75, 3.05) is 19.5 Å². The van der Waals surface area contributed by atoms with Gasteiger partial charge in [-0.2, -0.15) is 9.67 Å². The highest BCUT2D eigenvalue weighted by Crippen LogP contribution is 2.22. The molecule has 0 bridgehead atoms. The highest BCUT2D eigenvalue weighted by molar-refractivity contribution is 6.30. The van der Waals surface area contributed by atoms with Gasteiger partial charge in [-0.25, -0.2) is 0 Å². The Bertz CT molecular complexity index is 1280. The Morgan fingerprint density at radius 2 is 1.56 bits per heavy atom. The summed E-state index contributed by atoms with van der Waals surface area (Å²) in [4.78, 5) is 17.6. The van der Waals surface area contributed by atoms with E-state index in [1.165, 1.54) is 10.8 Å². The SMILES string of the molecule is COc1ccc(CNc2nc(-c3ccc(OC)cc3)nn2C(=O)C=Cc2ccc(Cl)cc2)cc1. The third-order valence-corrected chi connectivity index (χ3v) is 5.31. The topological polar surface area (TPSA) is 78.3 Å². The van der Waals surface area contributed by atoms with Crippen LogP contribution in [0.15, 0.2) is 78.9 Å². The number of carbonyl (C=O) groups excluding carboxylic acids is 1. The minimum atomic E-state index is -0.334. The molecule has 1 aromatic heterocycles. The van der Waals surface area contributed by atoms with Crippen molar-refractivity contribution in [3.63, 3.8) is 0 Å². The van der Waals surface area contributed by atoms with Gasteiger partial charge in [0.1, 0.15) is 11.5 Å². The fraction of sp³-hybridized carbons (Fsp3) is 0.115. The molecule has 3 aromatic carbocycles. The van der Waals surface area contributed by atoms with Crippen LogP contribution in [-0.2, 0) is 6.54 Å². The molecule has 0 aliphatic carbocycles. The molecule has 7 nitrogen and oxygen atoms in total. The summed E-state index contributed by atoms with van der Waals surface area (Å²) in [7, 11) is 3.23. The van der Waals surface area contributed by atoms with Crippen LogP contribution in [0.4, 0.5) is 5.95 Å². The summed E-state index contributed by atoms with van der Waals surface area (Å²) in [5.74, 6) is 1.93. The van der Waals surface area contributed by atoms with Gasteiger partial charge in [0.25, 0.3) is 5.91 Å². The lowest BCUT2D eigenvalue weighted by Gasteiger charge is -2.07. The van der Waals surface area contributed by atoms with Crippen LogP contribution in [0.3, 0.4) is 0 Å². The molecule has 4 rings (SSSR count). The van der Waals surface area contributed by atoms with Crippen molar-refractivity contribution in [2.24, 2.45) is 0 Å².